The summed E-state index contributed by atoms with van der Waals surface area (Å²) in [5.41, 5.74) is -0.951. The molecule has 0 saturated heterocycles. The molecule has 0 aromatic carbocycles. The van der Waals surface area contributed by atoms with Gasteiger partial charge in [-0.2, -0.15) is 0 Å². The summed E-state index contributed by atoms with van der Waals surface area (Å²) in [6.45, 7) is 0. The van der Waals surface area contributed by atoms with Crippen molar-refractivity contribution in [2.24, 2.45) is 0 Å². The molecule has 0 unspecified atom stereocenters. The molecule has 0 saturated carbocycles. The average molecular weight is 226 g/mol. The number of nitrogens with zero attached hydrogens (tertiary/aromatic N) is 1. The van der Waals surface area contributed by atoms with Crippen molar-refractivity contribution >= 4 is 40.2 Å². The number of carbonyl (C=O) groups is 1. The Morgan fingerprint density at radius 1 is 1.33 bits per heavy atom. The van der Waals surface area contributed by atoms with Crippen molar-refractivity contribution in [3.8, 4) is 5.75 Å². The molecule has 1 heterocycles. The maximum atomic E-state index is 10.3. The predicted molar refractivity (Wildman–Crippen MR) is 46.1 cm³/mol. The first-order valence-electron chi connectivity index (χ1n) is 2.78. The van der Waals surface area contributed by atoms with Gasteiger partial charge in [-0.3, -0.25) is 0 Å². The Balaban J connectivity index is 2.93. The molecule has 1 aromatic rings. The molecule has 0 radical (unpaired) electrons. The third-order valence-electron chi connectivity index (χ3n) is 0.934. The second kappa shape index (κ2) is 3.94. The van der Waals surface area contributed by atoms with Gasteiger partial charge < -0.3 is 4.74 Å². The summed E-state index contributed by atoms with van der Waals surface area (Å²) in [6.07, 6.45) is 0. The number of carbonyl (C=O) groups excluding carboxylic acids is 1. The largest absolute Gasteiger partial charge is 0.414 e. The van der Waals surface area contributed by atoms with Gasteiger partial charge in [-0.1, -0.05) is 23.2 Å². The minimum absolute atomic E-state index is 0.135. The van der Waals surface area contributed by atoms with E-state index in [0.29, 0.717) is 0 Å². The molecule has 0 atom stereocenters. The average Bonchev–Trinajstić information content (AvgIpc) is 1.81. The Bertz CT molecular complexity index is 295. The zero-order valence-corrected chi connectivity index (χ0v) is 7.82. The molecule has 0 aliphatic rings. The molecule has 0 aliphatic heterocycles. The van der Waals surface area contributed by atoms with Crippen molar-refractivity contribution in [3.05, 3.63) is 22.4 Å². The molecule has 64 valence electrons. The van der Waals surface area contributed by atoms with Gasteiger partial charge >= 0.3 is 5.43 Å². The van der Waals surface area contributed by atoms with E-state index in [0.717, 1.165) is 0 Å². The molecule has 0 fully saturated rings. The molecular formula is C6H2Cl3NO2. The number of ether oxygens (including phenoxy) is 1. The highest BCUT2D eigenvalue weighted by Gasteiger charge is 2.03. The lowest BCUT2D eigenvalue weighted by molar-refractivity contribution is 0.225. The number of rotatable bonds is 1. The fourth-order valence-electron chi connectivity index (χ4n) is 0.595. The van der Waals surface area contributed by atoms with Crippen molar-refractivity contribution in [2.75, 3.05) is 0 Å². The van der Waals surface area contributed by atoms with Gasteiger partial charge in [0.25, 0.3) is 0 Å². The van der Waals surface area contributed by atoms with Crippen LogP contribution in [0.25, 0.3) is 0 Å². The van der Waals surface area contributed by atoms with E-state index in [4.69, 9.17) is 34.8 Å². The van der Waals surface area contributed by atoms with Crippen molar-refractivity contribution in [1.29, 1.82) is 0 Å². The van der Waals surface area contributed by atoms with Crippen LogP contribution in [0.5, 0.6) is 5.75 Å². The summed E-state index contributed by atoms with van der Waals surface area (Å²) in [4.78, 5) is 13.9. The highest BCUT2D eigenvalue weighted by Crippen LogP contribution is 2.21. The highest BCUT2D eigenvalue weighted by molar-refractivity contribution is 6.61. The van der Waals surface area contributed by atoms with Gasteiger partial charge in [-0.05, 0) is 0 Å². The first-order valence-corrected chi connectivity index (χ1v) is 3.92. The Morgan fingerprint density at radius 2 is 1.83 bits per heavy atom. The highest BCUT2D eigenvalue weighted by atomic mass is 35.5. The fraction of sp³-hybridized carbons (Fsp3) is 0. The lowest BCUT2D eigenvalue weighted by atomic mass is 10.4. The summed E-state index contributed by atoms with van der Waals surface area (Å²) in [7, 11) is 0. The molecular weight excluding hydrogens is 224 g/mol. The maximum Gasteiger partial charge on any atom is 0.409 e. The van der Waals surface area contributed by atoms with E-state index in [1.165, 1.54) is 12.1 Å². The second-order valence-electron chi connectivity index (χ2n) is 1.79. The van der Waals surface area contributed by atoms with Crippen LogP contribution in [0, 0.1) is 0 Å². The van der Waals surface area contributed by atoms with Crippen molar-refractivity contribution in [1.82, 2.24) is 4.98 Å². The predicted octanol–water partition coefficient (Wildman–Crippen LogP) is 3.13. The fourth-order valence-corrected chi connectivity index (χ4v) is 1.12. The molecule has 1 rings (SSSR count). The van der Waals surface area contributed by atoms with Gasteiger partial charge in [0.1, 0.15) is 16.1 Å². The van der Waals surface area contributed by atoms with E-state index in [2.05, 4.69) is 9.72 Å². The molecule has 6 heteroatoms. The molecule has 12 heavy (non-hydrogen) atoms. The third kappa shape index (κ3) is 2.85. The molecule has 0 N–H and O–H groups in total. The van der Waals surface area contributed by atoms with Crippen LogP contribution < -0.4 is 4.74 Å². The molecule has 0 aliphatic carbocycles. The third-order valence-corrected chi connectivity index (χ3v) is 1.40. The minimum Gasteiger partial charge on any atom is -0.414 e. The van der Waals surface area contributed by atoms with E-state index in [-0.39, 0.29) is 16.1 Å². The van der Waals surface area contributed by atoms with Gasteiger partial charge in [0.05, 0.1) is 0 Å². The Kier molecular flexibility index (Phi) is 3.14. The van der Waals surface area contributed by atoms with E-state index in [1.54, 1.807) is 0 Å². The van der Waals surface area contributed by atoms with Crippen molar-refractivity contribution in [2.45, 2.75) is 0 Å². The maximum absolute atomic E-state index is 10.3. The van der Waals surface area contributed by atoms with E-state index in [9.17, 15) is 4.79 Å². The van der Waals surface area contributed by atoms with Gasteiger partial charge in [0.15, 0.2) is 0 Å². The lowest BCUT2D eigenvalue weighted by Gasteiger charge is -1.99. The normalized spacial score (nSPS) is 9.58. The summed E-state index contributed by atoms with van der Waals surface area (Å²) in [6, 6.07) is 2.65. The summed E-state index contributed by atoms with van der Waals surface area (Å²) >= 11 is 16.0. The number of hydrogen-bond donors (Lipinski definition) is 0. The lowest BCUT2D eigenvalue weighted by Crippen LogP contribution is -1.96. The number of pyridine rings is 1. The SMILES string of the molecule is O=C(Cl)Oc1cc(Cl)nc(Cl)c1. The Morgan fingerprint density at radius 3 is 2.25 bits per heavy atom. The van der Waals surface area contributed by atoms with E-state index >= 15 is 0 Å². The van der Waals surface area contributed by atoms with Crippen LogP contribution in [-0.4, -0.2) is 10.4 Å². The van der Waals surface area contributed by atoms with Gasteiger partial charge in [-0.15, -0.1) is 0 Å². The Hall–Kier alpha value is -0.510. The van der Waals surface area contributed by atoms with Crippen LogP contribution in [0.3, 0.4) is 0 Å². The summed E-state index contributed by atoms with van der Waals surface area (Å²) in [5, 5.41) is 0.269. The van der Waals surface area contributed by atoms with Gasteiger partial charge in [0.2, 0.25) is 0 Å². The minimum atomic E-state index is -0.951. The van der Waals surface area contributed by atoms with Crippen LogP contribution in [-0.2, 0) is 0 Å². The first kappa shape index (κ1) is 9.58. The smallest absolute Gasteiger partial charge is 0.409 e. The molecule has 0 spiro atoms. The van der Waals surface area contributed by atoms with Crippen molar-refractivity contribution in [3.63, 3.8) is 0 Å². The number of halogens is 3. The zero-order valence-electron chi connectivity index (χ0n) is 5.55. The summed E-state index contributed by atoms with van der Waals surface area (Å²) in [5.74, 6) is 0.167. The standard InChI is InChI=1S/C6H2Cl3NO2/c7-4-1-3(12-6(9)11)2-5(8)10-4/h1-2H. The molecule has 0 amide bonds. The number of aromatic nitrogens is 1. The topological polar surface area (TPSA) is 39.2 Å². The van der Waals surface area contributed by atoms with Gasteiger partial charge in [0, 0.05) is 23.7 Å². The zero-order chi connectivity index (χ0) is 9.14. The van der Waals surface area contributed by atoms with Crippen LogP contribution in [0.2, 0.25) is 10.3 Å². The summed E-state index contributed by atoms with van der Waals surface area (Å²) < 4.78 is 4.49. The monoisotopic (exact) mass is 225 g/mol. The second-order valence-corrected chi connectivity index (χ2v) is 2.87. The van der Waals surface area contributed by atoms with Gasteiger partial charge in [-0.25, -0.2) is 9.78 Å². The molecule has 1 aromatic heterocycles. The molecule has 0 bridgehead atoms. The first-order chi connectivity index (χ1) is 5.58. The Labute approximate surface area is 83.2 Å². The van der Waals surface area contributed by atoms with E-state index < -0.39 is 5.43 Å². The van der Waals surface area contributed by atoms with Crippen LogP contribution in [0.15, 0.2) is 12.1 Å². The van der Waals surface area contributed by atoms with Crippen molar-refractivity contribution < 1.29 is 9.53 Å². The quantitative estimate of drug-likeness (QED) is 0.545. The molecule has 3 nitrogen and oxygen atoms in total. The van der Waals surface area contributed by atoms with Crippen LogP contribution in [0.1, 0.15) is 0 Å². The van der Waals surface area contributed by atoms with Crippen LogP contribution in [0.4, 0.5) is 4.79 Å². The number of hydrogen-bond acceptors (Lipinski definition) is 3. The van der Waals surface area contributed by atoms with Crippen LogP contribution >= 0.6 is 34.8 Å². The van der Waals surface area contributed by atoms with E-state index in [1.807, 2.05) is 0 Å².